The van der Waals surface area contributed by atoms with E-state index in [0.717, 1.165) is 27.5 Å². The third-order valence-electron chi connectivity index (χ3n) is 3.87. The van der Waals surface area contributed by atoms with Gasteiger partial charge in [-0.05, 0) is 48.9 Å². The van der Waals surface area contributed by atoms with Crippen molar-refractivity contribution in [2.75, 3.05) is 13.2 Å². The van der Waals surface area contributed by atoms with Gasteiger partial charge >= 0.3 is 0 Å². The van der Waals surface area contributed by atoms with Crippen molar-refractivity contribution in [3.63, 3.8) is 0 Å². The summed E-state index contributed by atoms with van der Waals surface area (Å²) in [6.07, 6.45) is 0. The highest BCUT2D eigenvalue weighted by Crippen LogP contribution is 2.24. The number of rotatable bonds is 7. The molecule has 0 fully saturated rings. The molecule has 1 N–H and O–H groups in total. The SMILES string of the molecule is Br.CCOc1ccc(N=c2scc(-c3ccc([N+](=O)[O-])cc3)n2CCO)cc1. The zero-order valence-corrected chi connectivity index (χ0v) is 17.7. The molecule has 9 heteroatoms. The number of halogens is 1. The number of ether oxygens (including phenoxy) is 1. The van der Waals surface area contributed by atoms with Gasteiger partial charge in [0.25, 0.3) is 5.69 Å². The smallest absolute Gasteiger partial charge is 0.269 e. The van der Waals surface area contributed by atoms with Gasteiger partial charge < -0.3 is 14.4 Å². The van der Waals surface area contributed by atoms with Crippen molar-refractivity contribution in [2.45, 2.75) is 13.5 Å². The van der Waals surface area contributed by atoms with Crippen LogP contribution in [0.15, 0.2) is 58.9 Å². The zero-order valence-electron chi connectivity index (χ0n) is 15.1. The molecule has 0 saturated carbocycles. The monoisotopic (exact) mass is 465 g/mol. The second-order valence-corrected chi connectivity index (χ2v) is 6.46. The highest BCUT2D eigenvalue weighted by Gasteiger charge is 2.10. The molecule has 1 heterocycles. The van der Waals surface area contributed by atoms with E-state index in [4.69, 9.17) is 4.74 Å². The van der Waals surface area contributed by atoms with E-state index in [9.17, 15) is 15.2 Å². The molecule has 0 spiro atoms. The minimum Gasteiger partial charge on any atom is -0.494 e. The molecule has 2 aromatic carbocycles. The maximum atomic E-state index is 10.8. The van der Waals surface area contributed by atoms with Crippen LogP contribution in [0.25, 0.3) is 11.3 Å². The number of nitro groups is 1. The lowest BCUT2D eigenvalue weighted by Gasteiger charge is -2.07. The summed E-state index contributed by atoms with van der Waals surface area (Å²) in [6.45, 7) is 2.89. The lowest BCUT2D eigenvalue weighted by molar-refractivity contribution is -0.384. The van der Waals surface area contributed by atoms with Crippen molar-refractivity contribution in [1.29, 1.82) is 0 Å². The van der Waals surface area contributed by atoms with Gasteiger partial charge in [-0.1, -0.05) is 0 Å². The summed E-state index contributed by atoms with van der Waals surface area (Å²) in [5, 5.41) is 22.2. The van der Waals surface area contributed by atoms with Crippen LogP contribution in [0.2, 0.25) is 0 Å². The Kier molecular flexibility index (Phi) is 7.91. The summed E-state index contributed by atoms with van der Waals surface area (Å²) < 4.78 is 7.34. The maximum absolute atomic E-state index is 10.8. The van der Waals surface area contributed by atoms with Gasteiger partial charge in [0.05, 0.1) is 29.5 Å². The highest BCUT2D eigenvalue weighted by atomic mass is 79.9. The van der Waals surface area contributed by atoms with Gasteiger partial charge in [-0.25, -0.2) is 4.99 Å². The van der Waals surface area contributed by atoms with Crippen molar-refractivity contribution >= 4 is 39.7 Å². The number of aliphatic hydroxyl groups excluding tert-OH is 1. The molecule has 0 aliphatic carbocycles. The molecule has 7 nitrogen and oxygen atoms in total. The Morgan fingerprint density at radius 3 is 2.43 bits per heavy atom. The van der Waals surface area contributed by atoms with E-state index in [1.807, 2.05) is 41.1 Å². The van der Waals surface area contributed by atoms with E-state index in [0.29, 0.717) is 13.2 Å². The third kappa shape index (κ3) is 5.06. The predicted molar refractivity (Wildman–Crippen MR) is 115 cm³/mol. The van der Waals surface area contributed by atoms with Crippen LogP contribution < -0.4 is 9.54 Å². The standard InChI is InChI=1S/C19H19N3O4S.BrH/c1-2-26-17-9-5-15(6-10-17)20-19-21(11-12-23)18(13-27-19)14-3-7-16(8-4-14)22(24)25;/h3-10,13,23H,2,11-12H2,1H3;1H. The van der Waals surface area contributed by atoms with E-state index >= 15 is 0 Å². The van der Waals surface area contributed by atoms with Crippen LogP contribution >= 0.6 is 28.3 Å². The first kappa shape index (κ1) is 21.8. The predicted octanol–water partition coefficient (Wildman–Crippen LogP) is 4.33. The van der Waals surface area contributed by atoms with Crippen LogP contribution in [-0.4, -0.2) is 27.8 Å². The van der Waals surface area contributed by atoms with Crippen LogP contribution in [0.3, 0.4) is 0 Å². The molecular formula is C19H20BrN3O4S. The number of thiazole rings is 1. The Morgan fingerprint density at radius 1 is 1.18 bits per heavy atom. The van der Waals surface area contributed by atoms with E-state index in [1.165, 1.54) is 23.5 Å². The van der Waals surface area contributed by atoms with Gasteiger partial charge in [-0.2, -0.15) is 0 Å². The second kappa shape index (κ2) is 10.2. The molecule has 3 rings (SSSR count). The molecule has 0 aliphatic rings. The van der Waals surface area contributed by atoms with Crippen molar-refractivity contribution in [1.82, 2.24) is 4.57 Å². The number of nitrogens with zero attached hydrogens (tertiary/aromatic N) is 3. The quantitative estimate of drug-likeness (QED) is 0.415. The number of aromatic nitrogens is 1. The highest BCUT2D eigenvalue weighted by molar-refractivity contribution is 8.93. The molecule has 0 saturated heterocycles. The van der Waals surface area contributed by atoms with Crippen LogP contribution in [0.4, 0.5) is 11.4 Å². The second-order valence-electron chi connectivity index (χ2n) is 5.62. The minimum atomic E-state index is -0.425. The maximum Gasteiger partial charge on any atom is 0.269 e. The number of non-ortho nitro benzene ring substituents is 1. The average molecular weight is 466 g/mol. The normalized spacial score (nSPS) is 11.1. The molecule has 0 radical (unpaired) electrons. The lowest BCUT2D eigenvalue weighted by atomic mass is 10.1. The molecule has 1 aromatic heterocycles. The zero-order chi connectivity index (χ0) is 19.2. The van der Waals surface area contributed by atoms with Gasteiger partial charge in [0, 0.05) is 24.1 Å². The van der Waals surface area contributed by atoms with Crippen molar-refractivity contribution in [3.8, 4) is 17.0 Å². The average Bonchev–Trinajstić information content (AvgIpc) is 3.06. The summed E-state index contributed by atoms with van der Waals surface area (Å²) >= 11 is 1.45. The molecule has 0 aliphatic heterocycles. The van der Waals surface area contributed by atoms with Gasteiger partial charge in [0.1, 0.15) is 5.75 Å². The third-order valence-corrected chi connectivity index (χ3v) is 4.73. The molecule has 3 aromatic rings. The van der Waals surface area contributed by atoms with Crippen LogP contribution in [0.1, 0.15) is 6.92 Å². The van der Waals surface area contributed by atoms with Gasteiger partial charge in [0.15, 0.2) is 4.80 Å². The lowest BCUT2D eigenvalue weighted by Crippen LogP contribution is -2.17. The fourth-order valence-corrected chi connectivity index (χ4v) is 3.57. The molecule has 28 heavy (non-hydrogen) atoms. The van der Waals surface area contributed by atoms with Crippen LogP contribution in [-0.2, 0) is 6.54 Å². The number of nitro benzene ring substituents is 1. The molecule has 0 unspecified atom stereocenters. The van der Waals surface area contributed by atoms with Crippen LogP contribution in [0, 0.1) is 10.1 Å². The first-order valence-corrected chi connectivity index (χ1v) is 9.32. The molecule has 148 valence electrons. The summed E-state index contributed by atoms with van der Waals surface area (Å²) in [5.74, 6) is 0.789. The fraction of sp³-hybridized carbons (Fsp3) is 0.211. The fourth-order valence-electron chi connectivity index (χ4n) is 2.61. The summed E-state index contributed by atoms with van der Waals surface area (Å²) in [7, 11) is 0. The Labute approximate surface area is 176 Å². The topological polar surface area (TPSA) is 89.9 Å². The van der Waals surface area contributed by atoms with Crippen molar-refractivity contribution in [3.05, 3.63) is 68.8 Å². The number of benzene rings is 2. The Bertz CT molecular complexity index is 982. The largest absolute Gasteiger partial charge is 0.494 e. The van der Waals surface area contributed by atoms with Crippen molar-refractivity contribution < 1.29 is 14.8 Å². The molecule has 0 amide bonds. The number of aliphatic hydroxyl groups is 1. The van der Waals surface area contributed by atoms with Crippen molar-refractivity contribution in [2.24, 2.45) is 4.99 Å². The minimum absolute atomic E-state index is 0. The van der Waals surface area contributed by atoms with Gasteiger partial charge in [-0.3, -0.25) is 10.1 Å². The molecular weight excluding hydrogens is 446 g/mol. The van der Waals surface area contributed by atoms with E-state index in [-0.39, 0.29) is 29.3 Å². The van der Waals surface area contributed by atoms with E-state index in [2.05, 4.69) is 4.99 Å². The van der Waals surface area contributed by atoms with Gasteiger partial charge in [-0.15, -0.1) is 28.3 Å². The first-order chi connectivity index (χ1) is 13.1. The van der Waals surface area contributed by atoms with Gasteiger partial charge in [0.2, 0.25) is 0 Å². The Hall–Kier alpha value is -2.49. The van der Waals surface area contributed by atoms with E-state index in [1.54, 1.807) is 12.1 Å². The van der Waals surface area contributed by atoms with E-state index < -0.39 is 4.92 Å². The summed E-state index contributed by atoms with van der Waals surface area (Å²) in [6, 6.07) is 13.8. The molecule has 0 bridgehead atoms. The summed E-state index contributed by atoms with van der Waals surface area (Å²) in [4.78, 5) is 15.8. The Balaban J connectivity index is 0.00000280. The first-order valence-electron chi connectivity index (χ1n) is 8.44. The number of hydrogen-bond acceptors (Lipinski definition) is 6. The van der Waals surface area contributed by atoms with Crippen LogP contribution in [0.5, 0.6) is 5.75 Å². The number of hydrogen-bond donors (Lipinski definition) is 1. The summed E-state index contributed by atoms with van der Waals surface area (Å²) in [5.41, 5.74) is 2.51. The molecule has 0 atom stereocenters. The Morgan fingerprint density at radius 2 is 1.86 bits per heavy atom.